The molecule has 1 atom stereocenters. The summed E-state index contributed by atoms with van der Waals surface area (Å²) in [5.74, 6) is 0.236. The summed E-state index contributed by atoms with van der Waals surface area (Å²) in [7, 11) is 0. The van der Waals surface area contributed by atoms with Crippen LogP contribution in [-0.2, 0) is 44.7 Å². The van der Waals surface area contributed by atoms with E-state index in [4.69, 9.17) is 25.7 Å². The highest BCUT2D eigenvalue weighted by molar-refractivity contribution is 6.32. The van der Waals surface area contributed by atoms with E-state index in [1.54, 1.807) is 0 Å². The molecule has 0 aliphatic rings. The minimum Gasteiger partial charge on any atom is -0.458 e. The fraction of sp³-hybridized carbons (Fsp3) is 0.273. The fourth-order valence-corrected chi connectivity index (χ4v) is 2.27. The molecule has 0 aliphatic heterocycles. The number of benzene rings is 1. The van der Waals surface area contributed by atoms with Gasteiger partial charge in [-0.25, -0.2) is 24.0 Å². The van der Waals surface area contributed by atoms with E-state index in [0.29, 0.717) is 5.56 Å². The smallest absolute Gasteiger partial charge is 0.407 e. The largest absolute Gasteiger partial charge is 0.458 e. The lowest BCUT2D eigenvalue weighted by atomic mass is 10.0. The quantitative estimate of drug-likeness (QED) is 0.127. The first kappa shape index (κ1) is 27.4. The van der Waals surface area contributed by atoms with Crippen molar-refractivity contribution in [1.29, 1.82) is 0 Å². The van der Waals surface area contributed by atoms with Crippen molar-refractivity contribution in [3.8, 4) is 0 Å². The third kappa shape index (κ3) is 8.83. The lowest BCUT2D eigenvalue weighted by Crippen LogP contribution is -2.35. The summed E-state index contributed by atoms with van der Waals surface area (Å²) in [6, 6.07) is 4.27. The zero-order valence-corrected chi connectivity index (χ0v) is 18.5. The van der Waals surface area contributed by atoms with Crippen LogP contribution in [0.15, 0.2) is 30.4 Å². The van der Waals surface area contributed by atoms with E-state index in [0.717, 1.165) is 6.92 Å². The van der Waals surface area contributed by atoms with Gasteiger partial charge < -0.3 is 31.0 Å². The Morgan fingerprint density at radius 1 is 0.941 bits per heavy atom. The molecule has 12 nitrogen and oxygen atoms in total. The minimum absolute atomic E-state index is 0.0897. The highest BCUT2D eigenvalue weighted by atomic mass is 16.6. The van der Waals surface area contributed by atoms with Crippen LogP contribution in [0.4, 0.5) is 4.79 Å². The van der Waals surface area contributed by atoms with Crippen molar-refractivity contribution >= 4 is 47.1 Å². The predicted molar refractivity (Wildman–Crippen MR) is 118 cm³/mol. The maximum atomic E-state index is 12.3. The molecule has 34 heavy (non-hydrogen) atoms. The monoisotopic (exact) mass is 473 g/mol. The second-order valence-electron chi connectivity index (χ2n) is 6.86. The predicted octanol–water partition coefficient (Wildman–Crippen LogP) is -0.205. The van der Waals surface area contributed by atoms with Crippen LogP contribution in [0.3, 0.4) is 0 Å². The van der Waals surface area contributed by atoms with E-state index < -0.39 is 43.1 Å². The number of carbonyl (C=O) groups is 4. The average molecular weight is 473 g/mol. The number of esters is 2. The summed E-state index contributed by atoms with van der Waals surface area (Å²) in [5.41, 5.74) is 11.5. The summed E-state index contributed by atoms with van der Waals surface area (Å²) < 4.78 is 14.7. The van der Waals surface area contributed by atoms with Crippen molar-refractivity contribution in [2.24, 2.45) is 11.5 Å². The van der Waals surface area contributed by atoms with E-state index in [2.05, 4.69) is 11.9 Å². The number of rotatable bonds is 11. The van der Waals surface area contributed by atoms with E-state index in [9.17, 15) is 28.8 Å². The Kier molecular flexibility index (Phi) is 10.5. The van der Waals surface area contributed by atoms with Gasteiger partial charge in [0.2, 0.25) is 5.78 Å². The third-order valence-corrected chi connectivity index (χ3v) is 3.98. The number of ether oxygens (including phenoxy) is 3. The molecule has 12 heteroatoms. The Balaban J connectivity index is 2.93. The summed E-state index contributed by atoms with van der Waals surface area (Å²) in [4.78, 5) is 68.0. The zero-order chi connectivity index (χ0) is 25.8. The van der Waals surface area contributed by atoms with E-state index in [1.165, 1.54) is 37.0 Å². The Labute approximate surface area is 194 Å². The van der Waals surface area contributed by atoms with Gasteiger partial charge in [-0.15, -0.1) is 0 Å². The number of alkyl carbamates (subject to hydrolysis) is 1. The molecule has 0 saturated heterocycles. The highest BCUT2D eigenvalue weighted by Crippen LogP contribution is 2.17. The maximum absolute atomic E-state index is 12.3. The van der Waals surface area contributed by atoms with Crippen LogP contribution in [-0.4, -0.2) is 55.0 Å². The molecule has 0 spiro atoms. The lowest BCUT2D eigenvalue weighted by Gasteiger charge is -2.18. The molecule has 0 saturated carbocycles. The van der Waals surface area contributed by atoms with Crippen LogP contribution >= 0.6 is 0 Å². The third-order valence-electron chi connectivity index (χ3n) is 3.98. The summed E-state index contributed by atoms with van der Waals surface area (Å²) >= 11 is 0. The van der Waals surface area contributed by atoms with Crippen LogP contribution in [0.25, 0.3) is 11.4 Å². The second-order valence-corrected chi connectivity index (χ2v) is 6.86. The van der Waals surface area contributed by atoms with Crippen LogP contribution < -0.4 is 16.8 Å². The van der Waals surface area contributed by atoms with Crippen LogP contribution in [0.2, 0.25) is 0 Å². The summed E-state index contributed by atoms with van der Waals surface area (Å²) in [6.07, 6.45) is -2.24. The van der Waals surface area contributed by atoms with E-state index in [-0.39, 0.29) is 34.6 Å². The minimum atomic E-state index is -1.24. The Hall–Kier alpha value is -4.66. The maximum Gasteiger partial charge on any atom is 0.407 e. The van der Waals surface area contributed by atoms with Gasteiger partial charge in [-0.2, -0.15) is 0 Å². The van der Waals surface area contributed by atoms with E-state index >= 15 is 0 Å². The van der Waals surface area contributed by atoms with Crippen molar-refractivity contribution in [1.82, 2.24) is 5.32 Å². The number of ketones is 1. The second kappa shape index (κ2) is 13.0. The summed E-state index contributed by atoms with van der Waals surface area (Å²) in [6.45, 7) is 4.61. The number of hydrogen-bond donors (Lipinski definition) is 3. The zero-order valence-electron chi connectivity index (χ0n) is 18.5. The lowest BCUT2D eigenvalue weighted by molar-refractivity contribution is -0.157. The van der Waals surface area contributed by atoms with Gasteiger partial charge in [-0.05, 0) is 30.7 Å². The number of nitrogens with two attached hydrogens (primary N) is 2. The van der Waals surface area contributed by atoms with Crippen molar-refractivity contribution in [2.75, 3.05) is 13.2 Å². The van der Waals surface area contributed by atoms with Crippen molar-refractivity contribution < 1.29 is 43.0 Å². The number of Topliss-reactive ketones (excluding diaryl/α,β-unsaturated/α-hetero) is 1. The number of nitrogens with one attached hydrogen (secondary N) is 1. The molecule has 1 rings (SSSR count). The molecule has 0 heterocycles. The normalized spacial score (nSPS) is 10.5. The molecule has 0 aliphatic carbocycles. The Bertz CT molecular complexity index is 1020. The van der Waals surface area contributed by atoms with Gasteiger partial charge in [0.05, 0.1) is 0 Å². The first-order valence-electron chi connectivity index (χ1n) is 9.59. The van der Waals surface area contributed by atoms with Gasteiger partial charge in [0.15, 0.2) is 18.0 Å². The van der Waals surface area contributed by atoms with Crippen LogP contribution in [0.5, 0.6) is 0 Å². The standard InChI is InChI=1S/C22H23N3O9/c1-12(2)20(29)32-10-17(11-33-21(30)13(3)28)34-22(31)25-7-14-4-15(18(23)8-26)6-16(5-14)19(24)9-27/h4-6,17H,1,7,10-11,23-24H2,2-3H3,(H,25,31). The van der Waals surface area contributed by atoms with Crippen molar-refractivity contribution in [3.63, 3.8) is 0 Å². The van der Waals surface area contributed by atoms with Gasteiger partial charge in [-0.3, -0.25) is 4.79 Å². The highest BCUT2D eigenvalue weighted by Gasteiger charge is 2.21. The molecular weight excluding hydrogens is 450 g/mol. The molecule has 0 radical (unpaired) electrons. The van der Waals surface area contributed by atoms with Crippen LogP contribution in [0, 0.1) is 0 Å². The first-order valence-corrected chi connectivity index (χ1v) is 9.59. The molecule has 1 aromatic rings. The topological polar surface area (TPSA) is 194 Å². The molecule has 180 valence electrons. The number of amides is 1. The Morgan fingerprint density at radius 2 is 1.44 bits per heavy atom. The van der Waals surface area contributed by atoms with Gasteiger partial charge in [0.25, 0.3) is 0 Å². The van der Waals surface area contributed by atoms with Gasteiger partial charge in [0, 0.05) is 30.2 Å². The molecule has 0 aromatic heterocycles. The van der Waals surface area contributed by atoms with Gasteiger partial charge in [-0.1, -0.05) is 6.58 Å². The van der Waals surface area contributed by atoms with Crippen molar-refractivity contribution in [2.45, 2.75) is 26.5 Å². The molecule has 5 N–H and O–H groups in total. The van der Waals surface area contributed by atoms with Crippen LogP contribution in [0.1, 0.15) is 30.5 Å². The van der Waals surface area contributed by atoms with Gasteiger partial charge in [0.1, 0.15) is 24.6 Å². The summed E-state index contributed by atoms with van der Waals surface area (Å²) in [5, 5.41) is 2.39. The molecule has 1 aromatic carbocycles. The fourth-order valence-electron chi connectivity index (χ4n) is 2.27. The number of carbonyl (C=O) groups excluding carboxylic acids is 6. The SMILES string of the molecule is C=C(C)C(=O)OCC(COC(=O)C(C)=O)OC(=O)NCc1cc(C(N)=C=O)cc(C(N)=C=O)c1. The Morgan fingerprint density at radius 3 is 1.88 bits per heavy atom. The molecular formula is C22H23N3O9. The van der Waals surface area contributed by atoms with Crippen molar-refractivity contribution in [3.05, 3.63) is 47.0 Å². The average Bonchev–Trinajstić information content (AvgIpc) is 2.82. The molecule has 0 fully saturated rings. The first-order chi connectivity index (χ1) is 16.0. The molecule has 0 bridgehead atoms. The molecule has 1 unspecified atom stereocenters. The van der Waals surface area contributed by atoms with E-state index in [1.807, 2.05) is 0 Å². The van der Waals surface area contributed by atoms with Gasteiger partial charge >= 0.3 is 18.0 Å². The molecule has 1 amide bonds. The number of hydrogen-bond acceptors (Lipinski definition) is 11.